The first-order valence-electron chi connectivity index (χ1n) is 6.71. The van der Waals surface area contributed by atoms with Crippen LogP contribution in [0.4, 0.5) is 0 Å². The van der Waals surface area contributed by atoms with Crippen LogP contribution in [0.25, 0.3) is 0 Å². The molecule has 0 unspecified atom stereocenters. The predicted molar refractivity (Wildman–Crippen MR) is 76.1 cm³/mol. The van der Waals surface area contributed by atoms with E-state index in [9.17, 15) is 0 Å². The minimum Gasteiger partial charge on any atom is -0.497 e. The van der Waals surface area contributed by atoms with Gasteiger partial charge in [0.15, 0.2) is 0 Å². The quantitative estimate of drug-likeness (QED) is 0.821. The topological polar surface area (TPSA) is 32.7 Å². The van der Waals surface area contributed by atoms with E-state index in [4.69, 9.17) is 9.84 Å². The van der Waals surface area contributed by atoms with Gasteiger partial charge in [-0.3, -0.25) is 4.90 Å². The van der Waals surface area contributed by atoms with Crippen molar-refractivity contribution in [3.8, 4) is 17.6 Å². The van der Waals surface area contributed by atoms with Crippen molar-refractivity contribution in [3.05, 3.63) is 29.3 Å². The molecule has 1 N–H and O–H groups in total. The van der Waals surface area contributed by atoms with Gasteiger partial charge >= 0.3 is 0 Å². The second kappa shape index (κ2) is 6.60. The molecule has 1 saturated carbocycles. The molecule has 19 heavy (non-hydrogen) atoms. The lowest BCUT2D eigenvalue weighted by Crippen LogP contribution is -2.20. The van der Waals surface area contributed by atoms with Gasteiger partial charge in [-0.05, 0) is 43.7 Å². The van der Waals surface area contributed by atoms with E-state index in [1.165, 1.54) is 18.4 Å². The zero-order chi connectivity index (χ0) is 13.7. The lowest BCUT2D eigenvalue weighted by atomic mass is 10.1. The van der Waals surface area contributed by atoms with Crippen LogP contribution in [0.5, 0.6) is 5.75 Å². The number of aliphatic hydroxyl groups is 1. The van der Waals surface area contributed by atoms with Gasteiger partial charge < -0.3 is 9.84 Å². The van der Waals surface area contributed by atoms with Crippen molar-refractivity contribution in [2.24, 2.45) is 0 Å². The van der Waals surface area contributed by atoms with Crippen LogP contribution in [-0.4, -0.2) is 36.8 Å². The molecule has 1 aliphatic carbocycles. The number of methoxy groups -OCH3 is 1. The lowest BCUT2D eigenvalue weighted by molar-refractivity contribution is 0.305. The number of hydrogen-bond acceptors (Lipinski definition) is 3. The Kier molecular flexibility index (Phi) is 4.84. The van der Waals surface area contributed by atoms with E-state index in [2.05, 4.69) is 29.9 Å². The molecular weight excluding hydrogens is 238 g/mol. The summed E-state index contributed by atoms with van der Waals surface area (Å²) in [4.78, 5) is 2.37. The van der Waals surface area contributed by atoms with Crippen LogP contribution >= 0.6 is 0 Å². The maximum absolute atomic E-state index is 8.79. The van der Waals surface area contributed by atoms with Crippen molar-refractivity contribution < 1.29 is 9.84 Å². The third-order valence-corrected chi connectivity index (χ3v) is 3.36. The molecule has 0 saturated heterocycles. The van der Waals surface area contributed by atoms with E-state index >= 15 is 0 Å². The first-order valence-corrected chi connectivity index (χ1v) is 6.71. The smallest absolute Gasteiger partial charge is 0.119 e. The van der Waals surface area contributed by atoms with Crippen molar-refractivity contribution in [1.82, 2.24) is 4.90 Å². The minimum atomic E-state index is 0.112. The van der Waals surface area contributed by atoms with Crippen LogP contribution in [-0.2, 0) is 6.54 Å². The molecule has 1 aromatic carbocycles. The summed E-state index contributed by atoms with van der Waals surface area (Å²) in [5.41, 5.74) is 2.22. The summed E-state index contributed by atoms with van der Waals surface area (Å²) in [6.45, 7) is 1.01. The molecule has 3 heteroatoms. The molecule has 0 bridgehead atoms. The first-order chi connectivity index (χ1) is 9.24. The van der Waals surface area contributed by atoms with Crippen LogP contribution in [0.1, 0.15) is 30.4 Å². The molecule has 3 nitrogen and oxygen atoms in total. The van der Waals surface area contributed by atoms with E-state index in [1.807, 2.05) is 12.1 Å². The molecule has 1 aliphatic rings. The average molecular weight is 259 g/mol. The van der Waals surface area contributed by atoms with Crippen LogP contribution < -0.4 is 4.74 Å². The fraction of sp³-hybridized carbons (Fsp3) is 0.500. The summed E-state index contributed by atoms with van der Waals surface area (Å²) in [6, 6.07) is 6.72. The van der Waals surface area contributed by atoms with Gasteiger partial charge in [0.25, 0.3) is 0 Å². The number of aliphatic hydroxyl groups excluding tert-OH is 1. The van der Waals surface area contributed by atoms with Crippen LogP contribution in [0, 0.1) is 11.8 Å². The maximum atomic E-state index is 8.79. The van der Waals surface area contributed by atoms with E-state index in [1.54, 1.807) is 7.11 Å². The Morgan fingerprint density at radius 2 is 2.21 bits per heavy atom. The van der Waals surface area contributed by atoms with Crippen molar-refractivity contribution in [2.75, 3.05) is 20.8 Å². The summed E-state index contributed by atoms with van der Waals surface area (Å²) in [7, 11) is 3.84. The Bertz CT molecular complexity index is 483. The molecule has 0 atom stereocenters. The van der Waals surface area contributed by atoms with E-state index < -0.39 is 0 Å². The van der Waals surface area contributed by atoms with E-state index in [0.29, 0.717) is 6.42 Å². The molecule has 0 amide bonds. The van der Waals surface area contributed by atoms with Crippen molar-refractivity contribution in [3.63, 3.8) is 0 Å². The monoisotopic (exact) mass is 259 g/mol. The van der Waals surface area contributed by atoms with Crippen molar-refractivity contribution in [1.29, 1.82) is 0 Å². The van der Waals surface area contributed by atoms with Gasteiger partial charge in [0.1, 0.15) is 5.75 Å². The Morgan fingerprint density at radius 3 is 2.84 bits per heavy atom. The van der Waals surface area contributed by atoms with Gasteiger partial charge in [-0.1, -0.05) is 11.8 Å². The van der Waals surface area contributed by atoms with Crippen LogP contribution in [0.2, 0.25) is 0 Å². The Hall–Kier alpha value is -1.50. The molecule has 102 valence electrons. The van der Waals surface area contributed by atoms with Crippen LogP contribution in [0.15, 0.2) is 18.2 Å². The highest BCUT2D eigenvalue weighted by atomic mass is 16.5. The number of nitrogens with zero attached hydrogens (tertiary/aromatic N) is 1. The zero-order valence-electron chi connectivity index (χ0n) is 11.6. The summed E-state index contributed by atoms with van der Waals surface area (Å²) < 4.78 is 5.29. The zero-order valence-corrected chi connectivity index (χ0v) is 11.6. The van der Waals surface area contributed by atoms with Gasteiger partial charge in [-0.25, -0.2) is 0 Å². The molecule has 0 heterocycles. The molecule has 0 aliphatic heterocycles. The summed E-state index contributed by atoms with van der Waals surface area (Å²) in [5, 5.41) is 8.79. The number of ether oxygens (including phenoxy) is 1. The molecule has 0 aromatic heterocycles. The molecule has 0 spiro atoms. The SMILES string of the molecule is COc1ccc(C#CCCO)c(CN(C)C2CC2)c1. The Labute approximate surface area is 115 Å². The number of hydrogen-bond donors (Lipinski definition) is 1. The van der Waals surface area contributed by atoms with Gasteiger partial charge in [0, 0.05) is 24.6 Å². The summed E-state index contributed by atoms with van der Waals surface area (Å²) >= 11 is 0. The van der Waals surface area contributed by atoms with Crippen LogP contribution in [0.3, 0.4) is 0 Å². The van der Waals surface area contributed by atoms with E-state index in [0.717, 1.165) is 23.9 Å². The molecule has 0 radical (unpaired) electrons. The highest BCUT2D eigenvalue weighted by Crippen LogP contribution is 2.28. The largest absolute Gasteiger partial charge is 0.497 e. The predicted octanol–water partition coefficient (Wildman–Crippen LogP) is 2.02. The van der Waals surface area contributed by atoms with Crippen molar-refractivity contribution >= 4 is 0 Å². The normalized spacial score (nSPS) is 14.1. The minimum absolute atomic E-state index is 0.112. The first kappa shape index (κ1) is 13.9. The standard InChI is InChI=1S/C16H21NO2/c1-17(15-7-8-15)12-14-11-16(19-2)9-6-13(14)5-3-4-10-18/h6,9,11,15,18H,4,7-8,10,12H2,1-2H3. The third-order valence-electron chi connectivity index (χ3n) is 3.36. The molecule has 1 aromatic rings. The van der Waals surface area contributed by atoms with Gasteiger partial charge in [-0.15, -0.1) is 0 Å². The lowest BCUT2D eigenvalue weighted by Gasteiger charge is -2.17. The van der Waals surface area contributed by atoms with Gasteiger partial charge in [-0.2, -0.15) is 0 Å². The van der Waals surface area contributed by atoms with Gasteiger partial charge in [0.05, 0.1) is 13.7 Å². The second-order valence-corrected chi connectivity index (χ2v) is 4.94. The van der Waals surface area contributed by atoms with Crippen molar-refractivity contribution in [2.45, 2.75) is 31.8 Å². The molecule has 1 fully saturated rings. The van der Waals surface area contributed by atoms with Gasteiger partial charge in [0.2, 0.25) is 0 Å². The fourth-order valence-corrected chi connectivity index (χ4v) is 2.08. The third kappa shape index (κ3) is 3.99. The highest BCUT2D eigenvalue weighted by molar-refractivity contribution is 5.45. The summed E-state index contributed by atoms with van der Waals surface area (Å²) in [6.07, 6.45) is 3.11. The maximum Gasteiger partial charge on any atom is 0.119 e. The number of rotatable bonds is 5. The summed E-state index contributed by atoms with van der Waals surface area (Å²) in [5.74, 6) is 6.99. The Morgan fingerprint density at radius 1 is 1.42 bits per heavy atom. The highest BCUT2D eigenvalue weighted by Gasteiger charge is 2.26. The average Bonchev–Trinajstić information content (AvgIpc) is 3.25. The Balaban J connectivity index is 2.18. The molecular formula is C16H21NO2. The number of benzene rings is 1. The second-order valence-electron chi connectivity index (χ2n) is 4.94. The molecule has 2 rings (SSSR count). The van der Waals surface area contributed by atoms with E-state index in [-0.39, 0.29) is 6.61 Å². The fourth-order valence-electron chi connectivity index (χ4n) is 2.08.